The molecule has 0 spiro atoms. The number of carbonyl (C=O) groups is 3. The van der Waals surface area contributed by atoms with E-state index in [1.807, 2.05) is 50.2 Å². The van der Waals surface area contributed by atoms with E-state index in [0.717, 1.165) is 38.7 Å². The summed E-state index contributed by atoms with van der Waals surface area (Å²) in [4.78, 5) is 38.6. The van der Waals surface area contributed by atoms with Gasteiger partial charge in [0.1, 0.15) is 18.1 Å². The summed E-state index contributed by atoms with van der Waals surface area (Å²) >= 11 is 0. The molecule has 1 fully saturated rings. The summed E-state index contributed by atoms with van der Waals surface area (Å²) < 4.78 is 15.9. The number of para-hydroxylation sites is 1. The molecule has 1 saturated heterocycles. The average Bonchev–Trinajstić information content (AvgIpc) is 3.34. The Hall–Kier alpha value is -4.98. The van der Waals surface area contributed by atoms with E-state index in [2.05, 4.69) is 39.5 Å². The number of amides is 4. The van der Waals surface area contributed by atoms with E-state index < -0.39 is 30.2 Å². The zero-order valence-corrected chi connectivity index (χ0v) is 20.9. The molecule has 8 heteroatoms. The minimum Gasteiger partial charge on any atom is -0.322 e. The van der Waals surface area contributed by atoms with Crippen LogP contribution in [0.4, 0.5) is 14.9 Å². The van der Waals surface area contributed by atoms with Crippen LogP contribution in [0.15, 0.2) is 90.6 Å². The minimum atomic E-state index is -0.713. The second-order valence-electron chi connectivity index (χ2n) is 8.98. The van der Waals surface area contributed by atoms with Gasteiger partial charge in [0.2, 0.25) is 5.91 Å². The van der Waals surface area contributed by atoms with Gasteiger partial charge in [0.15, 0.2) is 0 Å². The number of halogens is 1. The maximum absolute atomic E-state index is 13.8. The van der Waals surface area contributed by atoms with Crippen molar-refractivity contribution in [2.75, 3.05) is 11.9 Å². The first-order valence-corrected chi connectivity index (χ1v) is 12.1. The maximum atomic E-state index is 13.8. The average molecular weight is 509 g/mol. The smallest absolute Gasteiger partial charge is 0.322 e. The molecule has 190 valence electrons. The summed E-state index contributed by atoms with van der Waals surface area (Å²) in [6.07, 6.45) is 1.60. The SMILES string of the molecule is Cc1cc(/C=C2\NC(=O)N(CC(=O)Nc3ccccc3F)C2=O)c(C)n1-c1ccc(-c2ccccc2)cc1. The number of hydrogen-bond acceptors (Lipinski definition) is 3. The number of anilines is 1. The van der Waals surface area contributed by atoms with Gasteiger partial charge in [-0.1, -0.05) is 54.6 Å². The van der Waals surface area contributed by atoms with Gasteiger partial charge in [-0.25, -0.2) is 14.1 Å². The third-order valence-electron chi connectivity index (χ3n) is 6.41. The van der Waals surface area contributed by atoms with Gasteiger partial charge in [-0.2, -0.15) is 0 Å². The lowest BCUT2D eigenvalue weighted by Gasteiger charge is -2.12. The number of nitrogens with zero attached hydrogens (tertiary/aromatic N) is 2. The Balaban J connectivity index is 1.34. The highest BCUT2D eigenvalue weighted by molar-refractivity contribution is 6.16. The van der Waals surface area contributed by atoms with Gasteiger partial charge < -0.3 is 15.2 Å². The van der Waals surface area contributed by atoms with Crippen molar-refractivity contribution in [2.45, 2.75) is 13.8 Å². The van der Waals surface area contributed by atoms with E-state index >= 15 is 0 Å². The molecule has 5 rings (SSSR count). The standard InChI is InChI=1S/C30H25FN4O3/c1-19-16-23(20(2)35(19)24-14-12-22(13-15-24)21-8-4-3-5-9-21)17-27-29(37)34(30(38)33-27)18-28(36)32-26-11-7-6-10-25(26)31/h3-17H,18H2,1-2H3,(H,32,36)(H,33,38)/b27-17-. The zero-order valence-electron chi connectivity index (χ0n) is 20.9. The second-order valence-corrected chi connectivity index (χ2v) is 8.98. The Bertz CT molecular complexity index is 1570. The summed E-state index contributed by atoms with van der Waals surface area (Å²) in [5.41, 5.74) is 5.86. The number of rotatable bonds is 6. The van der Waals surface area contributed by atoms with Crippen LogP contribution >= 0.6 is 0 Å². The number of aryl methyl sites for hydroxylation is 1. The number of aromatic nitrogens is 1. The molecule has 3 aromatic carbocycles. The normalized spacial score (nSPS) is 14.2. The van der Waals surface area contributed by atoms with Crippen molar-refractivity contribution in [3.8, 4) is 16.8 Å². The first kappa shape index (κ1) is 24.7. The highest BCUT2D eigenvalue weighted by atomic mass is 19.1. The fourth-order valence-electron chi connectivity index (χ4n) is 4.53. The number of hydrogen-bond donors (Lipinski definition) is 2. The molecule has 1 aliphatic heterocycles. The highest BCUT2D eigenvalue weighted by Gasteiger charge is 2.35. The van der Waals surface area contributed by atoms with E-state index in [0.29, 0.717) is 0 Å². The fraction of sp³-hybridized carbons (Fsp3) is 0.100. The van der Waals surface area contributed by atoms with Crippen LogP contribution in [0.1, 0.15) is 17.0 Å². The van der Waals surface area contributed by atoms with Crippen LogP contribution in [0.25, 0.3) is 22.9 Å². The molecule has 2 heterocycles. The van der Waals surface area contributed by atoms with Crippen LogP contribution < -0.4 is 10.6 Å². The monoisotopic (exact) mass is 508 g/mol. The van der Waals surface area contributed by atoms with Crippen molar-refractivity contribution < 1.29 is 18.8 Å². The minimum absolute atomic E-state index is 0.0236. The molecule has 0 atom stereocenters. The van der Waals surface area contributed by atoms with Crippen LogP contribution in [0, 0.1) is 19.7 Å². The van der Waals surface area contributed by atoms with E-state index in [-0.39, 0.29) is 11.4 Å². The molecular formula is C30H25FN4O3. The number of nitrogens with one attached hydrogen (secondary N) is 2. The van der Waals surface area contributed by atoms with Crippen molar-refractivity contribution in [1.82, 2.24) is 14.8 Å². The second kappa shape index (κ2) is 10.2. The lowest BCUT2D eigenvalue weighted by atomic mass is 10.1. The van der Waals surface area contributed by atoms with Gasteiger partial charge in [0.25, 0.3) is 5.91 Å². The van der Waals surface area contributed by atoms with Crippen molar-refractivity contribution >= 4 is 29.6 Å². The van der Waals surface area contributed by atoms with E-state index in [1.165, 1.54) is 18.2 Å². The Morgan fingerprint density at radius 1 is 0.921 bits per heavy atom. The number of urea groups is 1. The number of imide groups is 1. The van der Waals surface area contributed by atoms with Crippen LogP contribution in [0.2, 0.25) is 0 Å². The molecule has 0 unspecified atom stereocenters. The Morgan fingerprint density at radius 3 is 2.29 bits per heavy atom. The Labute approximate surface area is 219 Å². The highest BCUT2D eigenvalue weighted by Crippen LogP contribution is 2.26. The van der Waals surface area contributed by atoms with Crippen molar-refractivity contribution in [1.29, 1.82) is 0 Å². The van der Waals surface area contributed by atoms with Gasteiger partial charge in [-0.3, -0.25) is 9.59 Å². The van der Waals surface area contributed by atoms with Crippen LogP contribution in [0.3, 0.4) is 0 Å². The molecule has 4 amide bonds. The molecule has 7 nitrogen and oxygen atoms in total. The first-order valence-electron chi connectivity index (χ1n) is 12.1. The first-order chi connectivity index (χ1) is 18.3. The van der Waals surface area contributed by atoms with Crippen molar-refractivity contribution in [3.05, 3.63) is 113 Å². The van der Waals surface area contributed by atoms with E-state index in [4.69, 9.17) is 0 Å². The predicted octanol–water partition coefficient (Wildman–Crippen LogP) is 5.43. The molecule has 0 radical (unpaired) electrons. The molecule has 38 heavy (non-hydrogen) atoms. The summed E-state index contributed by atoms with van der Waals surface area (Å²) in [6, 6.07) is 25.2. The summed E-state index contributed by atoms with van der Waals surface area (Å²) in [6.45, 7) is 3.36. The molecule has 4 aromatic rings. The Kier molecular flexibility index (Phi) is 6.62. The fourth-order valence-corrected chi connectivity index (χ4v) is 4.53. The maximum Gasteiger partial charge on any atom is 0.329 e. The van der Waals surface area contributed by atoms with Crippen LogP contribution in [-0.2, 0) is 9.59 Å². The lowest BCUT2D eigenvalue weighted by Crippen LogP contribution is -2.38. The zero-order chi connectivity index (χ0) is 26.8. The van der Waals surface area contributed by atoms with Gasteiger partial charge in [0.05, 0.1) is 5.69 Å². The summed E-state index contributed by atoms with van der Waals surface area (Å²) in [5, 5.41) is 4.92. The topological polar surface area (TPSA) is 83.4 Å². The molecular weight excluding hydrogens is 483 g/mol. The third kappa shape index (κ3) is 4.84. The largest absolute Gasteiger partial charge is 0.329 e. The van der Waals surface area contributed by atoms with Crippen LogP contribution in [-0.4, -0.2) is 33.9 Å². The predicted molar refractivity (Wildman–Crippen MR) is 144 cm³/mol. The van der Waals surface area contributed by atoms with Gasteiger partial charge in [-0.05, 0) is 66.9 Å². The number of carbonyl (C=O) groups excluding carboxylic acids is 3. The number of benzene rings is 3. The van der Waals surface area contributed by atoms with E-state index in [9.17, 15) is 18.8 Å². The van der Waals surface area contributed by atoms with Gasteiger partial charge in [0, 0.05) is 17.1 Å². The summed E-state index contributed by atoms with van der Waals surface area (Å²) in [7, 11) is 0. The molecule has 1 aliphatic rings. The Morgan fingerprint density at radius 2 is 1.58 bits per heavy atom. The van der Waals surface area contributed by atoms with Crippen LogP contribution in [0.5, 0.6) is 0 Å². The van der Waals surface area contributed by atoms with Crippen molar-refractivity contribution in [3.63, 3.8) is 0 Å². The molecule has 0 aliphatic carbocycles. The van der Waals surface area contributed by atoms with Gasteiger partial charge in [-0.15, -0.1) is 0 Å². The summed E-state index contributed by atoms with van der Waals surface area (Å²) in [5.74, 6) is -1.92. The third-order valence-corrected chi connectivity index (χ3v) is 6.41. The van der Waals surface area contributed by atoms with E-state index in [1.54, 1.807) is 12.1 Å². The quantitative estimate of drug-likeness (QED) is 0.269. The molecule has 0 bridgehead atoms. The molecule has 0 saturated carbocycles. The van der Waals surface area contributed by atoms with Gasteiger partial charge >= 0.3 is 6.03 Å². The lowest BCUT2D eigenvalue weighted by molar-refractivity contribution is -0.127. The molecule has 2 N–H and O–H groups in total. The molecule has 1 aromatic heterocycles. The van der Waals surface area contributed by atoms with Crippen molar-refractivity contribution in [2.24, 2.45) is 0 Å².